The van der Waals surface area contributed by atoms with Crippen LogP contribution in [-0.2, 0) is 6.42 Å². The number of nitrogens with two attached hydrogens (primary N) is 1. The summed E-state index contributed by atoms with van der Waals surface area (Å²) in [5, 5.41) is 0. The molecule has 3 rings (SSSR count). The Morgan fingerprint density at radius 2 is 1.95 bits per heavy atom. The number of hydrogen-bond acceptors (Lipinski definition) is 4. The van der Waals surface area contributed by atoms with Gasteiger partial charge in [-0.2, -0.15) is 0 Å². The third kappa shape index (κ3) is 2.33. The van der Waals surface area contributed by atoms with Gasteiger partial charge in [0, 0.05) is 36.8 Å². The molecule has 0 bridgehead atoms. The fourth-order valence-electron chi connectivity index (χ4n) is 3.42. The molecule has 0 aromatic heterocycles. The smallest absolute Gasteiger partial charge is 0.147 e. The van der Waals surface area contributed by atoms with Crippen molar-refractivity contribution in [3.8, 4) is 5.75 Å². The van der Waals surface area contributed by atoms with Crippen LogP contribution in [0.1, 0.15) is 25.3 Å². The maximum atomic E-state index is 6.04. The van der Waals surface area contributed by atoms with E-state index in [0.29, 0.717) is 6.04 Å². The zero-order valence-electron chi connectivity index (χ0n) is 12.7. The van der Waals surface area contributed by atoms with Crippen molar-refractivity contribution in [3.05, 3.63) is 17.7 Å². The second-order valence-electron chi connectivity index (χ2n) is 6.30. The number of nitrogens with zero attached hydrogens (tertiary/aromatic N) is 2. The van der Waals surface area contributed by atoms with Crippen molar-refractivity contribution in [3.63, 3.8) is 0 Å². The van der Waals surface area contributed by atoms with Crippen LogP contribution in [0.5, 0.6) is 5.75 Å². The van der Waals surface area contributed by atoms with Crippen LogP contribution in [-0.4, -0.2) is 44.2 Å². The summed E-state index contributed by atoms with van der Waals surface area (Å²) in [7, 11) is 4.35. The number of fused-ring (bicyclic) bond motifs is 1. The van der Waals surface area contributed by atoms with E-state index in [9.17, 15) is 0 Å². The highest BCUT2D eigenvalue weighted by Gasteiger charge is 2.28. The Labute approximate surface area is 121 Å². The van der Waals surface area contributed by atoms with E-state index in [0.717, 1.165) is 30.9 Å². The molecule has 1 fully saturated rings. The van der Waals surface area contributed by atoms with Crippen LogP contribution >= 0.6 is 0 Å². The van der Waals surface area contributed by atoms with E-state index in [-0.39, 0.29) is 6.10 Å². The molecule has 0 aliphatic carbocycles. The third-order valence-electron chi connectivity index (χ3n) is 4.61. The van der Waals surface area contributed by atoms with Crippen molar-refractivity contribution in [2.75, 3.05) is 37.8 Å². The first-order valence-electron chi connectivity index (χ1n) is 7.55. The lowest BCUT2D eigenvalue weighted by molar-refractivity contribution is 0.249. The summed E-state index contributed by atoms with van der Waals surface area (Å²) in [4.78, 5) is 4.84. The lowest BCUT2D eigenvalue weighted by Crippen LogP contribution is -2.42. The lowest BCUT2D eigenvalue weighted by atomic mass is 10.0. The van der Waals surface area contributed by atoms with E-state index < -0.39 is 0 Å². The van der Waals surface area contributed by atoms with E-state index in [2.05, 4.69) is 36.9 Å². The standard InChI is InChI=1S/C16H25N3O/c1-11-10-13-15(5-4-14(17)16(13)20-11)19-8-6-12(7-9-19)18(2)3/h4-5,11-12H,6-10,17H2,1-3H3. The predicted octanol–water partition coefficient (Wildman–Crippen LogP) is 2.12. The molecule has 0 amide bonds. The molecule has 1 atom stereocenters. The minimum Gasteiger partial charge on any atom is -0.488 e. The molecule has 4 heteroatoms. The molecule has 20 heavy (non-hydrogen) atoms. The van der Waals surface area contributed by atoms with E-state index in [1.165, 1.54) is 24.1 Å². The molecular weight excluding hydrogens is 250 g/mol. The van der Waals surface area contributed by atoms with Gasteiger partial charge < -0.3 is 20.3 Å². The van der Waals surface area contributed by atoms with Crippen LogP contribution in [0, 0.1) is 0 Å². The highest BCUT2D eigenvalue weighted by Crippen LogP contribution is 2.41. The van der Waals surface area contributed by atoms with Crippen LogP contribution in [0.3, 0.4) is 0 Å². The number of benzene rings is 1. The highest BCUT2D eigenvalue weighted by molar-refractivity contribution is 5.70. The predicted molar refractivity (Wildman–Crippen MR) is 83.6 cm³/mol. The van der Waals surface area contributed by atoms with Crippen molar-refractivity contribution in [2.24, 2.45) is 0 Å². The van der Waals surface area contributed by atoms with Crippen molar-refractivity contribution >= 4 is 11.4 Å². The van der Waals surface area contributed by atoms with Crippen LogP contribution in [0.15, 0.2) is 12.1 Å². The molecule has 0 radical (unpaired) electrons. The molecule has 2 aliphatic heterocycles. The zero-order chi connectivity index (χ0) is 14.3. The Balaban J connectivity index is 1.81. The Morgan fingerprint density at radius 1 is 1.25 bits per heavy atom. The summed E-state index contributed by atoms with van der Waals surface area (Å²) >= 11 is 0. The lowest BCUT2D eigenvalue weighted by Gasteiger charge is -2.37. The van der Waals surface area contributed by atoms with Gasteiger partial charge in [0.1, 0.15) is 11.9 Å². The number of hydrogen-bond donors (Lipinski definition) is 1. The summed E-state index contributed by atoms with van der Waals surface area (Å²) in [6.07, 6.45) is 3.67. The van der Waals surface area contributed by atoms with Gasteiger partial charge in [0.05, 0.1) is 5.69 Å². The van der Waals surface area contributed by atoms with Crippen molar-refractivity contribution in [1.82, 2.24) is 4.90 Å². The molecule has 110 valence electrons. The molecule has 1 saturated heterocycles. The fourth-order valence-corrected chi connectivity index (χ4v) is 3.42. The average Bonchev–Trinajstić information content (AvgIpc) is 2.82. The maximum absolute atomic E-state index is 6.04. The first kappa shape index (κ1) is 13.6. The van der Waals surface area contributed by atoms with Gasteiger partial charge in [0.25, 0.3) is 0 Å². The first-order valence-corrected chi connectivity index (χ1v) is 7.55. The SMILES string of the molecule is CC1Cc2c(N3CCC(N(C)C)CC3)ccc(N)c2O1. The molecule has 1 aromatic rings. The Kier molecular flexibility index (Phi) is 3.50. The topological polar surface area (TPSA) is 41.7 Å². The minimum atomic E-state index is 0.243. The van der Waals surface area contributed by atoms with E-state index in [1.807, 2.05) is 6.07 Å². The van der Waals surface area contributed by atoms with Gasteiger partial charge in [-0.25, -0.2) is 0 Å². The van der Waals surface area contributed by atoms with Gasteiger partial charge in [-0.05, 0) is 46.0 Å². The van der Waals surface area contributed by atoms with E-state index in [4.69, 9.17) is 10.5 Å². The summed E-state index contributed by atoms with van der Waals surface area (Å²) in [5.74, 6) is 0.921. The minimum absolute atomic E-state index is 0.243. The van der Waals surface area contributed by atoms with Crippen LogP contribution in [0.2, 0.25) is 0 Å². The van der Waals surface area contributed by atoms with Gasteiger partial charge >= 0.3 is 0 Å². The summed E-state index contributed by atoms with van der Waals surface area (Å²) < 4.78 is 5.87. The molecule has 2 N–H and O–H groups in total. The number of ether oxygens (including phenoxy) is 1. The zero-order valence-corrected chi connectivity index (χ0v) is 12.7. The molecular formula is C16H25N3O. The molecule has 1 unspecified atom stereocenters. The second kappa shape index (κ2) is 5.17. The summed E-state index contributed by atoms with van der Waals surface area (Å²) in [5.41, 5.74) is 9.45. The number of anilines is 2. The second-order valence-corrected chi connectivity index (χ2v) is 6.30. The summed E-state index contributed by atoms with van der Waals surface area (Å²) in [6.45, 7) is 4.35. The van der Waals surface area contributed by atoms with Crippen LogP contribution in [0.25, 0.3) is 0 Å². The quantitative estimate of drug-likeness (QED) is 0.840. The van der Waals surface area contributed by atoms with Gasteiger partial charge in [-0.3, -0.25) is 0 Å². The normalized spacial score (nSPS) is 23.0. The van der Waals surface area contributed by atoms with Crippen LogP contribution < -0.4 is 15.4 Å². The fraction of sp³-hybridized carbons (Fsp3) is 0.625. The molecule has 1 aromatic carbocycles. The van der Waals surface area contributed by atoms with Crippen molar-refractivity contribution < 1.29 is 4.74 Å². The largest absolute Gasteiger partial charge is 0.488 e. The summed E-state index contributed by atoms with van der Waals surface area (Å²) in [6, 6.07) is 4.87. The molecule has 0 saturated carbocycles. The van der Waals surface area contributed by atoms with Gasteiger partial charge in [0.15, 0.2) is 0 Å². The van der Waals surface area contributed by atoms with Crippen LogP contribution in [0.4, 0.5) is 11.4 Å². The Morgan fingerprint density at radius 3 is 2.60 bits per heavy atom. The number of nitrogen functional groups attached to an aromatic ring is 1. The molecule has 4 nitrogen and oxygen atoms in total. The van der Waals surface area contributed by atoms with Crippen molar-refractivity contribution in [2.45, 2.75) is 38.3 Å². The number of rotatable bonds is 2. The molecule has 0 spiro atoms. The molecule has 2 heterocycles. The first-order chi connectivity index (χ1) is 9.56. The molecule has 2 aliphatic rings. The number of piperidine rings is 1. The maximum Gasteiger partial charge on any atom is 0.147 e. The van der Waals surface area contributed by atoms with Gasteiger partial charge in [-0.15, -0.1) is 0 Å². The Hall–Kier alpha value is -1.42. The third-order valence-corrected chi connectivity index (χ3v) is 4.61. The highest BCUT2D eigenvalue weighted by atomic mass is 16.5. The van der Waals surface area contributed by atoms with E-state index in [1.54, 1.807) is 0 Å². The van der Waals surface area contributed by atoms with Gasteiger partial charge in [0.2, 0.25) is 0 Å². The average molecular weight is 275 g/mol. The Bertz CT molecular complexity index is 493. The van der Waals surface area contributed by atoms with E-state index >= 15 is 0 Å². The monoisotopic (exact) mass is 275 g/mol. The van der Waals surface area contributed by atoms with Crippen molar-refractivity contribution in [1.29, 1.82) is 0 Å². The van der Waals surface area contributed by atoms with Gasteiger partial charge in [-0.1, -0.05) is 0 Å².